The van der Waals surface area contributed by atoms with Gasteiger partial charge in [0.25, 0.3) is 5.91 Å². The van der Waals surface area contributed by atoms with Gasteiger partial charge in [-0.15, -0.1) is 0 Å². The van der Waals surface area contributed by atoms with Crippen LogP contribution in [0.5, 0.6) is 0 Å². The van der Waals surface area contributed by atoms with Gasteiger partial charge in [-0.25, -0.2) is 0 Å². The van der Waals surface area contributed by atoms with Crippen LogP contribution >= 0.6 is 11.8 Å². The molecule has 1 aliphatic heterocycles. The molecule has 1 aliphatic rings. The zero-order valence-corrected chi connectivity index (χ0v) is 15.8. The van der Waals surface area contributed by atoms with Crippen molar-refractivity contribution in [2.24, 2.45) is 5.92 Å². The smallest absolute Gasteiger partial charge is 0.253 e. The third-order valence-corrected chi connectivity index (χ3v) is 5.88. The molecule has 0 saturated carbocycles. The molecule has 0 spiro atoms. The van der Waals surface area contributed by atoms with Crippen molar-refractivity contribution in [3.8, 4) is 0 Å². The van der Waals surface area contributed by atoms with E-state index in [0.29, 0.717) is 5.92 Å². The Hall–Kier alpha value is -1.88. The Bertz CT molecular complexity index is 677. The normalized spacial score (nSPS) is 15.4. The Labute approximate surface area is 154 Å². The number of amides is 1. The first kappa shape index (κ1) is 17.9. The van der Waals surface area contributed by atoms with Gasteiger partial charge in [0.1, 0.15) is 5.76 Å². The lowest BCUT2D eigenvalue weighted by molar-refractivity contribution is 0.0698. The van der Waals surface area contributed by atoms with E-state index in [2.05, 4.69) is 0 Å². The summed E-state index contributed by atoms with van der Waals surface area (Å²) in [5, 5.41) is 0. The van der Waals surface area contributed by atoms with Crippen molar-refractivity contribution in [3.05, 3.63) is 54.0 Å². The number of likely N-dealkylation sites (tertiary alicyclic amines) is 1. The van der Waals surface area contributed by atoms with Crippen molar-refractivity contribution in [2.75, 3.05) is 37.8 Å². The predicted molar refractivity (Wildman–Crippen MR) is 104 cm³/mol. The Morgan fingerprint density at radius 1 is 1.24 bits per heavy atom. The summed E-state index contributed by atoms with van der Waals surface area (Å²) in [6.07, 6.45) is 3.90. The Morgan fingerprint density at radius 3 is 2.72 bits per heavy atom. The van der Waals surface area contributed by atoms with E-state index in [9.17, 15) is 4.79 Å². The van der Waals surface area contributed by atoms with E-state index in [4.69, 9.17) is 4.42 Å². The van der Waals surface area contributed by atoms with Gasteiger partial charge in [-0.3, -0.25) is 4.79 Å². The van der Waals surface area contributed by atoms with Crippen molar-refractivity contribution in [1.29, 1.82) is 0 Å². The second kappa shape index (κ2) is 8.48. The molecule has 0 N–H and O–H groups in total. The molecular formula is C20H26N2O2S. The molecule has 1 fully saturated rings. The number of piperidine rings is 1. The zero-order chi connectivity index (χ0) is 17.6. The number of hydrogen-bond donors (Lipinski definition) is 0. The third-order valence-electron chi connectivity index (χ3n) is 4.69. The van der Waals surface area contributed by atoms with Gasteiger partial charge in [-0.1, -0.05) is 6.07 Å². The Morgan fingerprint density at radius 2 is 2.04 bits per heavy atom. The van der Waals surface area contributed by atoms with Crippen molar-refractivity contribution in [3.63, 3.8) is 0 Å². The number of furan rings is 1. The van der Waals surface area contributed by atoms with Gasteiger partial charge < -0.3 is 14.2 Å². The largest absolute Gasteiger partial charge is 0.468 e. The van der Waals surface area contributed by atoms with Crippen LogP contribution in [0.3, 0.4) is 0 Å². The van der Waals surface area contributed by atoms with Crippen LogP contribution in [0.1, 0.15) is 29.0 Å². The lowest BCUT2D eigenvalue weighted by Crippen LogP contribution is -2.39. The topological polar surface area (TPSA) is 36.7 Å². The van der Waals surface area contributed by atoms with Gasteiger partial charge in [-0.2, -0.15) is 11.8 Å². The van der Waals surface area contributed by atoms with Crippen LogP contribution in [0.4, 0.5) is 5.69 Å². The van der Waals surface area contributed by atoms with Crippen LogP contribution in [0.15, 0.2) is 47.1 Å². The number of nitrogens with zero attached hydrogens (tertiary/aromatic N) is 2. The van der Waals surface area contributed by atoms with Crippen LogP contribution in [-0.4, -0.2) is 43.7 Å². The van der Waals surface area contributed by atoms with Crippen LogP contribution in [0.2, 0.25) is 0 Å². The maximum atomic E-state index is 12.7. The van der Waals surface area contributed by atoms with Crippen molar-refractivity contribution in [1.82, 2.24) is 4.90 Å². The molecule has 0 aliphatic carbocycles. The first-order valence-electron chi connectivity index (χ1n) is 8.80. The number of thioether (sulfide) groups is 1. The first-order chi connectivity index (χ1) is 12.1. The summed E-state index contributed by atoms with van der Waals surface area (Å²) >= 11 is 1.93. The fourth-order valence-corrected chi connectivity index (χ4v) is 4.27. The number of hydrogen-bond acceptors (Lipinski definition) is 4. The molecule has 0 unspecified atom stereocenters. The highest BCUT2D eigenvalue weighted by Crippen LogP contribution is 2.25. The third kappa shape index (κ3) is 4.82. The molecule has 3 rings (SSSR count). The highest BCUT2D eigenvalue weighted by Gasteiger charge is 2.23. The molecule has 1 aromatic heterocycles. The second-order valence-electron chi connectivity index (χ2n) is 6.77. The van der Waals surface area contributed by atoms with Crippen LogP contribution in [0, 0.1) is 5.92 Å². The molecule has 134 valence electrons. The maximum Gasteiger partial charge on any atom is 0.253 e. The Balaban J connectivity index is 1.46. The van der Waals surface area contributed by atoms with E-state index in [1.54, 1.807) is 6.26 Å². The monoisotopic (exact) mass is 358 g/mol. The predicted octanol–water partition coefficient (Wildman–Crippen LogP) is 4.13. The number of carbonyl (C=O) groups is 1. The fraction of sp³-hybridized carbons (Fsp3) is 0.450. The molecule has 0 radical (unpaired) electrons. The van der Waals surface area contributed by atoms with Gasteiger partial charge in [0.05, 0.1) is 12.0 Å². The van der Waals surface area contributed by atoms with Crippen LogP contribution in [-0.2, 0) is 5.75 Å². The second-order valence-corrected chi connectivity index (χ2v) is 7.81. The minimum Gasteiger partial charge on any atom is -0.468 e. The number of carbonyl (C=O) groups excluding carboxylic acids is 1. The SMILES string of the molecule is CN(C)c1cccc(C(=O)N2CCC(CSCc3ccco3)CC2)c1. The fourth-order valence-electron chi connectivity index (χ4n) is 3.12. The standard InChI is InChI=1S/C20H26N2O2S/c1-21(2)18-6-3-5-17(13-18)20(23)22-10-8-16(9-11-22)14-25-15-19-7-4-12-24-19/h3-7,12-13,16H,8-11,14-15H2,1-2H3. The summed E-state index contributed by atoms with van der Waals surface area (Å²) in [5.41, 5.74) is 1.85. The summed E-state index contributed by atoms with van der Waals surface area (Å²) in [6, 6.07) is 11.8. The molecule has 2 heterocycles. The summed E-state index contributed by atoms with van der Waals surface area (Å²) in [6.45, 7) is 1.72. The summed E-state index contributed by atoms with van der Waals surface area (Å²) in [7, 11) is 3.99. The highest BCUT2D eigenvalue weighted by molar-refractivity contribution is 7.98. The van der Waals surface area contributed by atoms with Gasteiger partial charge in [-0.05, 0) is 54.8 Å². The highest BCUT2D eigenvalue weighted by atomic mass is 32.2. The van der Waals surface area contributed by atoms with Crippen molar-refractivity contribution in [2.45, 2.75) is 18.6 Å². The maximum absolute atomic E-state index is 12.7. The van der Waals surface area contributed by atoms with Crippen molar-refractivity contribution >= 4 is 23.4 Å². The van der Waals surface area contributed by atoms with Gasteiger partial charge in [0, 0.05) is 38.4 Å². The molecule has 25 heavy (non-hydrogen) atoms. The first-order valence-corrected chi connectivity index (χ1v) is 9.96. The molecule has 1 amide bonds. The number of benzene rings is 1. The molecule has 1 aromatic carbocycles. The quantitative estimate of drug-likeness (QED) is 0.778. The number of anilines is 1. The molecular weight excluding hydrogens is 332 g/mol. The van der Waals surface area contributed by atoms with E-state index < -0.39 is 0 Å². The van der Waals surface area contributed by atoms with Gasteiger partial charge >= 0.3 is 0 Å². The lowest BCUT2D eigenvalue weighted by atomic mass is 9.98. The van der Waals surface area contributed by atoms with Gasteiger partial charge in [0.15, 0.2) is 0 Å². The molecule has 5 heteroatoms. The van der Waals surface area contributed by atoms with E-state index in [0.717, 1.165) is 54.4 Å². The molecule has 0 atom stereocenters. The summed E-state index contributed by atoms with van der Waals surface area (Å²) < 4.78 is 5.37. The molecule has 0 bridgehead atoms. The molecule has 4 nitrogen and oxygen atoms in total. The zero-order valence-electron chi connectivity index (χ0n) is 15.0. The van der Waals surface area contributed by atoms with Crippen LogP contribution in [0.25, 0.3) is 0 Å². The lowest BCUT2D eigenvalue weighted by Gasteiger charge is -2.32. The van der Waals surface area contributed by atoms with E-state index >= 15 is 0 Å². The minimum absolute atomic E-state index is 0.158. The molecule has 1 saturated heterocycles. The average molecular weight is 359 g/mol. The minimum atomic E-state index is 0.158. The summed E-state index contributed by atoms with van der Waals surface area (Å²) in [5.74, 6) is 3.96. The van der Waals surface area contributed by atoms with Crippen LogP contribution < -0.4 is 4.90 Å². The summed E-state index contributed by atoms with van der Waals surface area (Å²) in [4.78, 5) is 16.8. The van der Waals surface area contributed by atoms with E-state index in [-0.39, 0.29) is 5.91 Å². The van der Waals surface area contributed by atoms with E-state index in [1.165, 1.54) is 0 Å². The number of rotatable bonds is 6. The van der Waals surface area contributed by atoms with Gasteiger partial charge in [0.2, 0.25) is 0 Å². The average Bonchev–Trinajstić information content (AvgIpc) is 3.15. The van der Waals surface area contributed by atoms with Crippen molar-refractivity contribution < 1.29 is 9.21 Å². The Kier molecular flexibility index (Phi) is 6.08. The molecule has 2 aromatic rings. The van der Waals surface area contributed by atoms with E-state index in [1.807, 2.05) is 72.1 Å².